The van der Waals surface area contributed by atoms with E-state index in [1.807, 2.05) is 6.92 Å². The average Bonchev–Trinajstić information content (AvgIpc) is 2.67. The summed E-state index contributed by atoms with van der Waals surface area (Å²) in [5, 5.41) is 9.57. The molecule has 2 aromatic rings. The van der Waals surface area contributed by atoms with Crippen LogP contribution in [0.5, 0.6) is 0 Å². The zero-order valence-corrected chi connectivity index (χ0v) is 12.0. The van der Waals surface area contributed by atoms with Gasteiger partial charge in [-0.25, -0.2) is 4.39 Å². The molecule has 5 nitrogen and oxygen atoms in total. The average molecular weight is 294 g/mol. The molecule has 0 fully saturated rings. The number of hydrogen-bond acceptors (Lipinski definition) is 4. The van der Waals surface area contributed by atoms with E-state index < -0.39 is 5.82 Å². The first-order valence-corrected chi connectivity index (χ1v) is 6.94. The molecule has 0 saturated heterocycles. The smallest absolute Gasteiger partial charge is 0.234 e. The number of hydrogen-bond donors (Lipinski definition) is 3. The van der Waals surface area contributed by atoms with Crippen molar-refractivity contribution in [2.24, 2.45) is 0 Å². The first-order valence-electron chi connectivity index (χ1n) is 5.96. The molecule has 0 atom stereocenters. The van der Waals surface area contributed by atoms with E-state index in [0.717, 1.165) is 11.4 Å². The number of nitrogen functional groups attached to an aromatic ring is 1. The van der Waals surface area contributed by atoms with Crippen molar-refractivity contribution in [3.8, 4) is 0 Å². The van der Waals surface area contributed by atoms with Crippen LogP contribution in [0.4, 0.5) is 15.8 Å². The maximum absolute atomic E-state index is 13.2. The van der Waals surface area contributed by atoms with Gasteiger partial charge in [-0.1, -0.05) is 0 Å². The van der Waals surface area contributed by atoms with E-state index in [-0.39, 0.29) is 11.7 Å². The number of benzene rings is 1. The maximum atomic E-state index is 13.2. The van der Waals surface area contributed by atoms with Gasteiger partial charge in [0, 0.05) is 10.6 Å². The number of rotatable bonds is 4. The summed E-state index contributed by atoms with van der Waals surface area (Å²) < 4.78 is 13.2. The Kier molecular flexibility index (Phi) is 4.29. The molecule has 4 N–H and O–H groups in total. The van der Waals surface area contributed by atoms with Gasteiger partial charge in [-0.15, -0.1) is 11.8 Å². The summed E-state index contributed by atoms with van der Waals surface area (Å²) in [7, 11) is 0. The molecule has 0 aliphatic heterocycles. The Morgan fingerprint density at radius 1 is 1.45 bits per heavy atom. The van der Waals surface area contributed by atoms with Gasteiger partial charge >= 0.3 is 0 Å². The molecular weight excluding hydrogens is 279 g/mol. The van der Waals surface area contributed by atoms with Gasteiger partial charge < -0.3 is 11.1 Å². The fourth-order valence-electron chi connectivity index (χ4n) is 1.73. The lowest BCUT2D eigenvalue weighted by molar-refractivity contribution is -0.113. The van der Waals surface area contributed by atoms with Crippen LogP contribution in [0.25, 0.3) is 0 Å². The fraction of sp³-hybridized carbons (Fsp3) is 0.231. The predicted molar refractivity (Wildman–Crippen MR) is 78.2 cm³/mol. The minimum absolute atomic E-state index is 0.174. The summed E-state index contributed by atoms with van der Waals surface area (Å²) in [5.41, 5.74) is 8.11. The normalized spacial score (nSPS) is 10.6. The third-order valence-electron chi connectivity index (χ3n) is 2.66. The molecular formula is C13H15FN4OS. The van der Waals surface area contributed by atoms with Crippen molar-refractivity contribution in [2.45, 2.75) is 18.7 Å². The number of nitrogens with zero attached hydrogens (tertiary/aromatic N) is 1. The Labute approximate surface area is 120 Å². The highest BCUT2D eigenvalue weighted by molar-refractivity contribution is 8.00. The van der Waals surface area contributed by atoms with Crippen LogP contribution in [-0.2, 0) is 4.79 Å². The van der Waals surface area contributed by atoms with Gasteiger partial charge in [-0.3, -0.25) is 9.89 Å². The van der Waals surface area contributed by atoms with Crippen LogP contribution in [0, 0.1) is 19.7 Å². The van der Waals surface area contributed by atoms with Crippen molar-refractivity contribution in [3.63, 3.8) is 0 Å². The third kappa shape index (κ3) is 3.51. The Morgan fingerprint density at radius 3 is 2.80 bits per heavy atom. The van der Waals surface area contributed by atoms with E-state index in [4.69, 9.17) is 5.73 Å². The lowest BCUT2D eigenvalue weighted by Gasteiger charge is -2.06. The number of nitrogens with one attached hydrogen (secondary N) is 2. The summed E-state index contributed by atoms with van der Waals surface area (Å²) >= 11 is 1.23. The van der Waals surface area contributed by atoms with E-state index >= 15 is 0 Å². The molecule has 1 aromatic heterocycles. The lowest BCUT2D eigenvalue weighted by atomic mass is 10.3. The molecule has 0 bridgehead atoms. The molecule has 106 valence electrons. The van der Waals surface area contributed by atoms with Crippen LogP contribution in [0.2, 0.25) is 0 Å². The number of carbonyl (C=O) groups excluding carboxylic acids is 1. The number of H-pyrrole nitrogens is 1. The number of nitrogens with two attached hydrogens (primary N) is 1. The molecule has 7 heteroatoms. The number of amides is 1. The highest BCUT2D eigenvalue weighted by atomic mass is 32.2. The Hall–Kier alpha value is -2.02. The molecule has 0 aliphatic rings. The van der Waals surface area contributed by atoms with Crippen molar-refractivity contribution < 1.29 is 9.18 Å². The van der Waals surface area contributed by atoms with Gasteiger partial charge in [-0.05, 0) is 32.0 Å². The number of halogens is 1. The first kappa shape index (κ1) is 14.4. The monoisotopic (exact) mass is 294 g/mol. The summed E-state index contributed by atoms with van der Waals surface area (Å²) in [4.78, 5) is 12.5. The summed E-state index contributed by atoms with van der Waals surface area (Å²) in [6.07, 6.45) is 0. The number of aromatic nitrogens is 2. The Morgan fingerprint density at radius 2 is 2.20 bits per heavy atom. The quantitative estimate of drug-likeness (QED) is 0.597. The zero-order valence-electron chi connectivity index (χ0n) is 11.2. The van der Waals surface area contributed by atoms with Crippen LogP contribution in [0.3, 0.4) is 0 Å². The molecule has 0 saturated carbocycles. The molecule has 0 aliphatic carbocycles. The SMILES string of the molecule is Cc1n[nH]c(C)c1NC(=O)CSc1cc(N)cc(F)c1. The number of anilines is 2. The molecule has 0 spiro atoms. The van der Waals surface area contributed by atoms with Crippen molar-refractivity contribution in [3.05, 3.63) is 35.4 Å². The van der Waals surface area contributed by atoms with E-state index in [9.17, 15) is 9.18 Å². The van der Waals surface area contributed by atoms with E-state index in [0.29, 0.717) is 16.3 Å². The van der Waals surface area contributed by atoms with Gasteiger partial charge in [0.25, 0.3) is 0 Å². The van der Waals surface area contributed by atoms with Crippen LogP contribution in [0.1, 0.15) is 11.4 Å². The topological polar surface area (TPSA) is 83.8 Å². The van der Waals surface area contributed by atoms with Crippen molar-refractivity contribution in [1.29, 1.82) is 0 Å². The lowest BCUT2D eigenvalue weighted by Crippen LogP contribution is -2.15. The van der Waals surface area contributed by atoms with Gasteiger partial charge in [0.2, 0.25) is 5.91 Å². The van der Waals surface area contributed by atoms with Gasteiger partial charge in [-0.2, -0.15) is 5.10 Å². The second kappa shape index (κ2) is 5.96. The van der Waals surface area contributed by atoms with E-state index in [2.05, 4.69) is 15.5 Å². The fourth-order valence-corrected chi connectivity index (χ4v) is 2.51. The van der Waals surface area contributed by atoms with Crippen LogP contribution < -0.4 is 11.1 Å². The molecule has 1 aromatic carbocycles. The van der Waals surface area contributed by atoms with Gasteiger partial charge in [0.1, 0.15) is 5.82 Å². The van der Waals surface area contributed by atoms with Crippen LogP contribution >= 0.6 is 11.8 Å². The largest absolute Gasteiger partial charge is 0.399 e. The Balaban J connectivity index is 1.95. The van der Waals surface area contributed by atoms with Crippen LogP contribution in [0.15, 0.2) is 23.1 Å². The molecule has 1 heterocycles. The Bertz CT molecular complexity index is 602. The van der Waals surface area contributed by atoms with Crippen molar-refractivity contribution in [1.82, 2.24) is 10.2 Å². The molecule has 0 unspecified atom stereocenters. The second-order valence-electron chi connectivity index (χ2n) is 4.37. The summed E-state index contributed by atoms with van der Waals surface area (Å²) in [6.45, 7) is 3.63. The van der Waals surface area contributed by atoms with Crippen molar-refractivity contribution in [2.75, 3.05) is 16.8 Å². The predicted octanol–water partition coefficient (Wildman–Crippen LogP) is 2.48. The summed E-state index contributed by atoms with van der Waals surface area (Å²) in [6, 6.07) is 4.22. The molecule has 0 radical (unpaired) electrons. The number of aromatic amines is 1. The van der Waals surface area contributed by atoms with Crippen molar-refractivity contribution >= 4 is 29.0 Å². The van der Waals surface area contributed by atoms with Crippen LogP contribution in [-0.4, -0.2) is 21.9 Å². The van der Waals surface area contributed by atoms with Gasteiger partial charge in [0.05, 0.1) is 22.8 Å². The molecule has 1 amide bonds. The standard InChI is InChI=1S/C13H15FN4OS/c1-7-13(8(2)18-17-7)16-12(19)6-20-11-4-9(14)3-10(15)5-11/h3-5H,6,15H2,1-2H3,(H,16,19)(H,17,18). The molecule has 20 heavy (non-hydrogen) atoms. The minimum atomic E-state index is -0.408. The molecule has 2 rings (SSSR count). The highest BCUT2D eigenvalue weighted by Gasteiger charge is 2.10. The maximum Gasteiger partial charge on any atom is 0.234 e. The third-order valence-corrected chi connectivity index (χ3v) is 3.63. The number of aryl methyl sites for hydroxylation is 2. The second-order valence-corrected chi connectivity index (χ2v) is 5.41. The number of carbonyl (C=O) groups is 1. The zero-order chi connectivity index (χ0) is 14.7. The highest BCUT2D eigenvalue weighted by Crippen LogP contribution is 2.23. The van der Waals surface area contributed by atoms with Gasteiger partial charge in [0.15, 0.2) is 0 Å². The van der Waals surface area contributed by atoms with E-state index in [1.54, 1.807) is 13.0 Å². The first-order chi connectivity index (χ1) is 9.45. The number of thioether (sulfide) groups is 1. The summed E-state index contributed by atoms with van der Waals surface area (Å²) in [5.74, 6) is -0.410. The minimum Gasteiger partial charge on any atom is -0.399 e. The van der Waals surface area contributed by atoms with E-state index in [1.165, 1.54) is 23.9 Å².